The zero-order valence-corrected chi connectivity index (χ0v) is 22.6. The van der Waals surface area contributed by atoms with E-state index in [-0.39, 0.29) is 11.7 Å². The number of benzene rings is 1. The van der Waals surface area contributed by atoms with E-state index in [9.17, 15) is 9.59 Å². The van der Waals surface area contributed by atoms with Crippen molar-refractivity contribution in [2.45, 2.75) is 56.2 Å². The van der Waals surface area contributed by atoms with E-state index in [4.69, 9.17) is 17.0 Å². The highest BCUT2D eigenvalue weighted by molar-refractivity contribution is 8.24. The first-order chi connectivity index (χ1) is 15.0. The molecule has 0 unspecified atom stereocenters. The average Bonchev–Trinajstić information content (AvgIpc) is 2.78. The van der Waals surface area contributed by atoms with E-state index >= 15 is 0 Å². The van der Waals surface area contributed by atoms with Crippen LogP contribution in [-0.4, -0.2) is 81.6 Å². The third kappa shape index (κ3) is 7.29. The van der Waals surface area contributed by atoms with Crippen LogP contribution in [0.1, 0.15) is 51.4 Å². The molecule has 1 aliphatic rings. The minimum atomic E-state index is -0.554. The van der Waals surface area contributed by atoms with Crippen LogP contribution in [-0.2, 0) is 9.53 Å². The van der Waals surface area contributed by atoms with Crippen LogP contribution in [0.2, 0.25) is 0 Å². The lowest BCUT2D eigenvalue weighted by atomic mass is 9.91. The molecule has 1 amide bonds. The summed E-state index contributed by atoms with van der Waals surface area (Å²) in [5.74, 6) is 1.00. The Balaban J connectivity index is 1.88. The summed E-state index contributed by atoms with van der Waals surface area (Å²) < 4.78 is 5.72. The lowest BCUT2D eigenvalue weighted by Gasteiger charge is -2.39. The molecule has 2 rings (SSSR count). The highest BCUT2D eigenvalue weighted by atomic mass is 32.2. The molecule has 0 atom stereocenters. The first-order valence-electron chi connectivity index (χ1n) is 11.1. The molecular formula is C24H36N2O3S3. The van der Waals surface area contributed by atoms with Gasteiger partial charge in [0.05, 0.1) is 23.5 Å². The number of nitrogens with zero attached hydrogens (tertiary/aromatic N) is 2. The van der Waals surface area contributed by atoms with Crippen molar-refractivity contribution in [1.82, 2.24) is 9.80 Å². The second kappa shape index (κ2) is 12.0. The first kappa shape index (κ1) is 27.3. The molecular weight excluding hydrogens is 460 g/mol. The molecule has 1 heterocycles. The predicted octanol–water partition coefficient (Wildman–Crippen LogP) is 4.78. The summed E-state index contributed by atoms with van der Waals surface area (Å²) >= 11 is 8.47. The molecule has 1 aliphatic heterocycles. The van der Waals surface area contributed by atoms with Crippen LogP contribution >= 0.6 is 35.7 Å². The number of carbonyl (C=O) groups is 2. The molecule has 1 fully saturated rings. The molecule has 1 saturated heterocycles. The number of thioether (sulfide) groups is 2. The van der Waals surface area contributed by atoms with Gasteiger partial charge in [0.2, 0.25) is 5.91 Å². The van der Waals surface area contributed by atoms with Crippen LogP contribution < -0.4 is 0 Å². The van der Waals surface area contributed by atoms with Gasteiger partial charge in [0.25, 0.3) is 0 Å². The molecule has 1 aromatic carbocycles. The number of Topliss-reactive ketones (excluding diaryl/α,β-unsaturated/α-hetero) is 1. The van der Waals surface area contributed by atoms with Gasteiger partial charge in [-0.1, -0.05) is 31.3 Å². The second-order valence-electron chi connectivity index (χ2n) is 8.93. The van der Waals surface area contributed by atoms with Gasteiger partial charge < -0.3 is 9.64 Å². The Bertz CT molecular complexity index is 803. The summed E-state index contributed by atoms with van der Waals surface area (Å²) in [5, 5.41) is 0. The minimum absolute atomic E-state index is 0.0881. The predicted molar refractivity (Wildman–Crippen MR) is 140 cm³/mol. The minimum Gasteiger partial charge on any atom is -0.379 e. The summed E-state index contributed by atoms with van der Waals surface area (Å²) in [6.07, 6.45) is 0.790. The Labute approximate surface area is 207 Å². The molecule has 0 spiro atoms. The Kier molecular flexibility index (Phi) is 10.2. The molecule has 5 nitrogen and oxygen atoms in total. The number of amides is 1. The van der Waals surface area contributed by atoms with Crippen LogP contribution in [0.5, 0.6) is 0 Å². The Morgan fingerprint density at radius 3 is 2.28 bits per heavy atom. The molecule has 0 aliphatic carbocycles. The molecule has 0 aromatic heterocycles. The van der Waals surface area contributed by atoms with Gasteiger partial charge in [-0.2, -0.15) is 0 Å². The number of carbonyl (C=O) groups excluding carboxylic acids is 2. The lowest BCUT2D eigenvalue weighted by Crippen LogP contribution is -2.54. The maximum Gasteiger partial charge on any atom is 0.238 e. The molecule has 0 saturated carbocycles. The molecule has 1 aromatic rings. The SMILES string of the molecule is CCC(=S)SC(C)(C)C(=O)N(C)CCSc1ccc(C(=O)C(C)(C)N2CCOCC2)cc1. The van der Waals surface area contributed by atoms with Gasteiger partial charge in [0, 0.05) is 47.1 Å². The summed E-state index contributed by atoms with van der Waals surface area (Å²) in [6, 6.07) is 7.81. The molecule has 32 heavy (non-hydrogen) atoms. The van der Waals surface area contributed by atoms with E-state index in [0.717, 1.165) is 39.9 Å². The number of morpholine rings is 1. The Hall–Kier alpha value is -0.930. The highest BCUT2D eigenvalue weighted by Gasteiger charge is 2.36. The lowest BCUT2D eigenvalue weighted by molar-refractivity contribution is -0.131. The zero-order valence-electron chi connectivity index (χ0n) is 20.1. The summed E-state index contributed by atoms with van der Waals surface area (Å²) in [7, 11) is 1.84. The van der Waals surface area contributed by atoms with Gasteiger partial charge in [0.1, 0.15) is 0 Å². The monoisotopic (exact) mass is 496 g/mol. The quantitative estimate of drug-likeness (QED) is 0.262. The van der Waals surface area contributed by atoms with Crippen molar-refractivity contribution in [3.05, 3.63) is 29.8 Å². The molecule has 0 N–H and O–H groups in total. The van der Waals surface area contributed by atoms with E-state index in [1.807, 2.05) is 65.9 Å². The Morgan fingerprint density at radius 2 is 1.72 bits per heavy atom. The molecule has 8 heteroatoms. The second-order valence-corrected chi connectivity index (χ2v) is 12.6. The third-order valence-electron chi connectivity index (χ3n) is 5.69. The van der Waals surface area contributed by atoms with Crippen LogP contribution in [0.3, 0.4) is 0 Å². The zero-order chi connectivity index (χ0) is 23.9. The van der Waals surface area contributed by atoms with Crippen molar-refractivity contribution >= 4 is 51.6 Å². The van der Waals surface area contributed by atoms with Crippen LogP contribution in [0.25, 0.3) is 0 Å². The van der Waals surface area contributed by atoms with Crippen molar-refractivity contribution in [1.29, 1.82) is 0 Å². The van der Waals surface area contributed by atoms with Gasteiger partial charge in [0.15, 0.2) is 5.78 Å². The van der Waals surface area contributed by atoms with Gasteiger partial charge in [-0.3, -0.25) is 14.5 Å². The molecule has 0 bridgehead atoms. The van der Waals surface area contributed by atoms with Crippen molar-refractivity contribution < 1.29 is 14.3 Å². The van der Waals surface area contributed by atoms with Crippen LogP contribution in [0.15, 0.2) is 29.2 Å². The van der Waals surface area contributed by atoms with E-state index in [0.29, 0.717) is 19.8 Å². The molecule has 178 valence electrons. The van der Waals surface area contributed by atoms with Crippen molar-refractivity contribution in [3.63, 3.8) is 0 Å². The maximum atomic E-state index is 13.1. The average molecular weight is 497 g/mol. The number of rotatable bonds is 10. The van der Waals surface area contributed by atoms with Crippen LogP contribution in [0, 0.1) is 0 Å². The maximum absolute atomic E-state index is 13.1. The number of ketones is 1. The van der Waals surface area contributed by atoms with Gasteiger partial charge >= 0.3 is 0 Å². The van der Waals surface area contributed by atoms with E-state index < -0.39 is 10.3 Å². The van der Waals surface area contributed by atoms with Gasteiger partial charge in [-0.05, 0) is 46.2 Å². The van der Waals surface area contributed by atoms with Crippen LogP contribution in [0.4, 0.5) is 0 Å². The van der Waals surface area contributed by atoms with Crippen molar-refractivity contribution in [3.8, 4) is 0 Å². The largest absolute Gasteiger partial charge is 0.379 e. The fourth-order valence-electron chi connectivity index (χ4n) is 3.58. The summed E-state index contributed by atoms with van der Waals surface area (Å²) in [5.41, 5.74) is 0.177. The first-order valence-corrected chi connectivity index (χ1v) is 13.3. The topological polar surface area (TPSA) is 49.9 Å². The number of hydrogen-bond donors (Lipinski definition) is 0. The standard InChI is InChI=1S/C24H36N2O3S3/c1-7-20(30)32-24(4,5)22(28)25(6)14-17-31-19-10-8-18(9-11-19)21(27)23(2,3)26-12-15-29-16-13-26/h8-11H,7,12-17H2,1-6H3. The van der Waals surface area contributed by atoms with Gasteiger partial charge in [-0.15, -0.1) is 23.5 Å². The van der Waals surface area contributed by atoms with Gasteiger partial charge in [-0.25, -0.2) is 0 Å². The van der Waals surface area contributed by atoms with Crippen molar-refractivity contribution in [2.24, 2.45) is 0 Å². The summed E-state index contributed by atoms with van der Waals surface area (Å²) in [4.78, 5) is 31.0. The van der Waals surface area contributed by atoms with E-state index in [1.54, 1.807) is 16.7 Å². The third-order valence-corrected chi connectivity index (χ3v) is 8.42. The number of hydrogen-bond acceptors (Lipinski definition) is 7. The number of thiocarbonyl (C=S) groups is 1. The summed E-state index contributed by atoms with van der Waals surface area (Å²) in [6.45, 7) is 13.4. The highest BCUT2D eigenvalue weighted by Crippen LogP contribution is 2.29. The smallest absolute Gasteiger partial charge is 0.238 e. The van der Waals surface area contributed by atoms with Crippen molar-refractivity contribution in [2.75, 3.05) is 45.6 Å². The fraction of sp³-hybridized carbons (Fsp3) is 0.625. The molecule has 0 radical (unpaired) electrons. The normalized spacial score (nSPS) is 15.4. The Morgan fingerprint density at radius 1 is 1.12 bits per heavy atom. The fourth-order valence-corrected chi connectivity index (χ4v) is 6.09. The van der Waals surface area contributed by atoms with E-state index in [1.165, 1.54) is 11.8 Å². The van der Waals surface area contributed by atoms with E-state index in [2.05, 4.69) is 4.90 Å². The number of ether oxygens (including phenoxy) is 1.